The van der Waals surface area contributed by atoms with Crippen molar-refractivity contribution in [3.05, 3.63) is 113 Å². The summed E-state index contributed by atoms with van der Waals surface area (Å²) in [5.74, 6) is 1.50. The topological polar surface area (TPSA) is 75.2 Å². The first-order valence-electron chi connectivity index (χ1n) is 12.4. The minimum atomic E-state index is -0.330. The summed E-state index contributed by atoms with van der Waals surface area (Å²) in [4.78, 5) is 12.6. The van der Waals surface area contributed by atoms with Crippen molar-refractivity contribution < 1.29 is 14.3 Å². The van der Waals surface area contributed by atoms with Gasteiger partial charge in [-0.15, -0.1) is 0 Å². The minimum Gasteiger partial charge on any atom is -0.486 e. The first-order chi connectivity index (χ1) is 18.6. The van der Waals surface area contributed by atoms with Crippen molar-refractivity contribution in [3.8, 4) is 11.5 Å². The highest BCUT2D eigenvalue weighted by atomic mass is 35.5. The van der Waals surface area contributed by atoms with Crippen LogP contribution in [0, 0.1) is 0 Å². The van der Waals surface area contributed by atoms with E-state index >= 15 is 0 Å². The highest BCUT2D eigenvalue weighted by molar-refractivity contribution is 6.30. The summed E-state index contributed by atoms with van der Waals surface area (Å²) in [6.45, 7) is 1.09. The standard InChI is InChI=1S/C30H25ClN4O3/c31-22-10-12-23(13-11-22)32-30(36)33-24-6-4-5-21(17-24)27-19-26(34-35(27)25-7-2-1-3-8-25)20-9-14-28-29(18-20)38-16-15-37-28/h1-14,17-18,27H,15-16,19H2,(H2,32,33,36). The zero-order valence-corrected chi connectivity index (χ0v) is 21.2. The molecule has 0 saturated heterocycles. The molecule has 2 N–H and O–H groups in total. The number of rotatable bonds is 5. The monoisotopic (exact) mass is 524 g/mol. The van der Waals surface area contributed by atoms with Gasteiger partial charge < -0.3 is 20.1 Å². The fraction of sp³-hybridized carbons (Fsp3) is 0.133. The van der Waals surface area contributed by atoms with Gasteiger partial charge in [0.15, 0.2) is 11.5 Å². The SMILES string of the molecule is O=C(Nc1ccc(Cl)cc1)Nc1cccc(C2CC(c3ccc4c(c3)OCCO4)=NN2c2ccccc2)c1. The fourth-order valence-electron chi connectivity index (χ4n) is 4.64. The Labute approximate surface area is 225 Å². The van der Waals surface area contributed by atoms with Crippen molar-refractivity contribution in [2.75, 3.05) is 28.9 Å². The molecule has 0 spiro atoms. The molecule has 2 amide bonds. The van der Waals surface area contributed by atoms with Crippen molar-refractivity contribution in [2.24, 2.45) is 5.10 Å². The van der Waals surface area contributed by atoms with Crippen molar-refractivity contribution >= 4 is 40.4 Å². The summed E-state index contributed by atoms with van der Waals surface area (Å²) < 4.78 is 11.5. The Bertz CT molecular complexity index is 1490. The van der Waals surface area contributed by atoms with Gasteiger partial charge in [0.05, 0.1) is 17.4 Å². The number of hydrogen-bond acceptors (Lipinski definition) is 5. The Morgan fingerprint density at radius 1 is 0.816 bits per heavy atom. The van der Waals surface area contributed by atoms with E-state index in [0.29, 0.717) is 36.0 Å². The van der Waals surface area contributed by atoms with Crippen LogP contribution < -0.4 is 25.1 Å². The number of para-hydroxylation sites is 1. The molecule has 1 atom stereocenters. The second-order valence-electron chi connectivity index (χ2n) is 9.02. The van der Waals surface area contributed by atoms with Gasteiger partial charge in [-0.3, -0.25) is 5.01 Å². The van der Waals surface area contributed by atoms with Crippen molar-refractivity contribution in [1.29, 1.82) is 0 Å². The number of nitrogens with one attached hydrogen (secondary N) is 2. The van der Waals surface area contributed by atoms with Gasteiger partial charge in [-0.1, -0.05) is 41.9 Å². The van der Waals surface area contributed by atoms with Gasteiger partial charge in [-0.2, -0.15) is 5.10 Å². The van der Waals surface area contributed by atoms with Crippen LogP contribution in [0.25, 0.3) is 0 Å². The molecule has 38 heavy (non-hydrogen) atoms. The van der Waals surface area contributed by atoms with Crippen LogP contribution in [0.4, 0.5) is 21.9 Å². The van der Waals surface area contributed by atoms with Crippen LogP contribution in [0.5, 0.6) is 11.5 Å². The lowest BCUT2D eigenvalue weighted by molar-refractivity contribution is 0.171. The van der Waals surface area contributed by atoms with Crippen LogP contribution in [0.2, 0.25) is 5.02 Å². The minimum absolute atomic E-state index is 0.0540. The second-order valence-corrected chi connectivity index (χ2v) is 9.45. The predicted molar refractivity (Wildman–Crippen MR) is 151 cm³/mol. The molecule has 8 heteroatoms. The molecule has 2 aliphatic rings. The molecular formula is C30H25ClN4O3. The molecule has 0 saturated carbocycles. The molecule has 0 aliphatic carbocycles. The summed E-state index contributed by atoms with van der Waals surface area (Å²) in [7, 11) is 0. The number of carbonyl (C=O) groups is 1. The van der Waals surface area contributed by atoms with E-state index in [4.69, 9.17) is 26.2 Å². The third-order valence-electron chi connectivity index (χ3n) is 6.44. The Balaban J connectivity index is 1.25. The number of hydrogen-bond donors (Lipinski definition) is 2. The van der Waals surface area contributed by atoms with Gasteiger partial charge in [0.2, 0.25) is 0 Å². The quantitative estimate of drug-likeness (QED) is 0.292. The number of urea groups is 1. The number of benzene rings is 4. The van der Waals surface area contributed by atoms with E-state index in [1.54, 1.807) is 24.3 Å². The van der Waals surface area contributed by atoms with E-state index in [-0.39, 0.29) is 12.1 Å². The molecule has 190 valence electrons. The second kappa shape index (κ2) is 10.5. The number of hydrazone groups is 1. The Kier molecular flexibility index (Phi) is 6.58. The maximum atomic E-state index is 12.6. The van der Waals surface area contributed by atoms with E-state index in [1.807, 2.05) is 71.7 Å². The predicted octanol–water partition coefficient (Wildman–Crippen LogP) is 7.11. The average Bonchev–Trinajstić information content (AvgIpc) is 3.40. The molecule has 0 fully saturated rings. The average molecular weight is 525 g/mol. The number of amides is 2. The van der Waals surface area contributed by atoms with Crippen molar-refractivity contribution in [3.63, 3.8) is 0 Å². The summed E-state index contributed by atoms with van der Waals surface area (Å²) in [6, 6.07) is 30.5. The normalized spacial score (nSPS) is 16.1. The molecular weight excluding hydrogens is 500 g/mol. The number of anilines is 3. The van der Waals surface area contributed by atoms with E-state index in [0.717, 1.165) is 34.0 Å². The Hall–Kier alpha value is -4.49. The summed E-state index contributed by atoms with van der Waals surface area (Å²) in [5.41, 5.74) is 5.32. The number of nitrogens with zero attached hydrogens (tertiary/aromatic N) is 2. The first-order valence-corrected chi connectivity index (χ1v) is 12.8. The van der Waals surface area contributed by atoms with E-state index in [9.17, 15) is 4.79 Å². The fourth-order valence-corrected chi connectivity index (χ4v) is 4.76. The van der Waals surface area contributed by atoms with Gasteiger partial charge >= 0.3 is 6.03 Å². The summed E-state index contributed by atoms with van der Waals surface area (Å²) >= 11 is 5.94. The van der Waals surface area contributed by atoms with E-state index < -0.39 is 0 Å². The lowest BCUT2D eigenvalue weighted by Gasteiger charge is -2.24. The molecule has 0 radical (unpaired) electrons. The van der Waals surface area contributed by atoms with Gasteiger partial charge in [-0.25, -0.2) is 4.79 Å². The molecule has 6 rings (SSSR count). The van der Waals surface area contributed by atoms with E-state index in [2.05, 4.69) is 16.7 Å². The molecule has 2 aliphatic heterocycles. The molecule has 2 heterocycles. The largest absolute Gasteiger partial charge is 0.486 e. The third kappa shape index (κ3) is 5.14. The number of fused-ring (bicyclic) bond motifs is 1. The van der Waals surface area contributed by atoms with Gasteiger partial charge in [0.25, 0.3) is 0 Å². The van der Waals surface area contributed by atoms with Crippen molar-refractivity contribution in [1.82, 2.24) is 0 Å². The Morgan fingerprint density at radius 2 is 1.58 bits per heavy atom. The summed E-state index contributed by atoms with van der Waals surface area (Å²) in [6.07, 6.45) is 0.689. The van der Waals surface area contributed by atoms with Crippen LogP contribution in [0.1, 0.15) is 23.6 Å². The van der Waals surface area contributed by atoms with Crippen LogP contribution in [-0.4, -0.2) is 25.0 Å². The first kappa shape index (κ1) is 23.9. The highest BCUT2D eigenvalue weighted by Gasteiger charge is 2.30. The maximum absolute atomic E-state index is 12.6. The molecule has 0 bridgehead atoms. The lowest BCUT2D eigenvalue weighted by Crippen LogP contribution is -2.21. The molecule has 1 unspecified atom stereocenters. The number of carbonyl (C=O) groups excluding carboxylic acids is 1. The summed E-state index contributed by atoms with van der Waals surface area (Å²) in [5, 5.41) is 13.4. The lowest BCUT2D eigenvalue weighted by atomic mass is 9.97. The van der Waals surface area contributed by atoms with Crippen molar-refractivity contribution in [2.45, 2.75) is 12.5 Å². The Morgan fingerprint density at radius 3 is 2.39 bits per heavy atom. The van der Waals surface area contributed by atoms with Crippen LogP contribution in [0.15, 0.2) is 102 Å². The van der Waals surface area contributed by atoms with Crippen LogP contribution in [0.3, 0.4) is 0 Å². The van der Waals surface area contributed by atoms with Gasteiger partial charge in [0.1, 0.15) is 13.2 Å². The zero-order valence-electron chi connectivity index (χ0n) is 20.4. The van der Waals surface area contributed by atoms with Crippen LogP contribution in [-0.2, 0) is 0 Å². The molecule has 0 aromatic heterocycles. The molecule has 7 nitrogen and oxygen atoms in total. The highest BCUT2D eigenvalue weighted by Crippen LogP contribution is 2.39. The van der Waals surface area contributed by atoms with Gasteiger partial charge in [-0.05, 0) is 72.3 Å². The third-order valence-corrected chi connectivity index (χ3v) is 6.69. The number of halogens is 1. The maximum Gasteiger partial charge on any atom is 0.323 e. The van der Waals surface area contributed by atoms with Crippen LogP contribution >= 0.6 is 11.6 Å². The zero-order chi connectivity index (χ0) is 25.9. The molecule has 4 aromatic carbocycles. The number of ether oxygens (including phenoxy) is 2. The van der Waals surface area contributed by atoms with E-state index in [1.165, 1.54) is 0 Å². The smallest absolute Gasteiger partial charge is 0.323 e. The molecule has 4 aromatic rings. The van der Waals surface area contributed by atoms with Gasteiger partial charge in [0, 0.05) is 28.4 Å².